The first-order valence-corrected chi connectivity index (χ1v) is 31.2. The van der Waals surface area contributed by atoms with E-state index >= 15 is 4.79 Å². The van der Waals surface area contributed by atoms with Gasteiger partial charge in [-0.1, -0.05) is 46.3 Å². The predicted molar refractivity (Wildman–Crippen MR) is 322 cm³/mol. The molecule has 9 heterocycles. The Morgan fingerprint density at radius 1 is 0.928 bits per heavy atom. The van der Waals surface area contributed by atoms with Crippen LogP contribution in [0.1, 0.15) is 143 Å². The Bertz CT molecular complexity index is 2920. The zero-order chi connectivity index (χ0) is 59.1. The summed E-state index contributed by atoms with van der Waals surface area (Å²) in [5.41, 5.74) is 10.7. The molecular formula is C64H95N11O8. The SMILES string of the molecule is CCn1c(-c2cc(N3CCN4CCCC[C@@H]4C3)cnc2[C@H](C)OC)c2c3cc(ccc31)C1=CCCN(C1)C[C@H](NC(=O)[C@H](C(C)C)N(C)C(=O)N1CCC3(CCN(C(=O)OC(C)(C)C)C3)CC1)C(=O)N1CCC[C@H](N1)C(=O)OCC(C)(C)C2. The van der Waals surface area contributed by atoms with Gasteiger partial charge in [0.15, 0.2) is 0 Å². The number of likely N-dealkylation sites (N-methyl/N-ethyl adjacent to an activating group) is 1. The molecule has 5 amide bonds. The van der Waals surface area contributed by atoms with Crippen molar-refractivity contribution < 1.29 is 38.2 Å². The molecule has 3 aromatic rings. The van der Waals surface area contributed by atoms with Gasteiger partial charge in [0.2, 0.25) is 5.91 Å². The number of piperidine rings is 2. The second-order valence-corrected chi connectivity index (χ2v) is 27.2. The normalized spacial score (nSPS) is 25.1. The van der Waals surface area contributed by atoms with Crippen molar-refractivity contribution in [3.8, 4) is 11.3 Å². The van der Waals surface area contributed by atoms with E-state index in [1.807, 2.05) is 45.7 Å². The van der Waals surface area contributed by atoms with Gasteiger partial charge >= 0.3 is 18.1 Å². The Balaban J connectivity index is 0.939. The van der Waals surface area contributed by atoms with Crippen LogP contribution in [0.3, 0.4) is 0 Å². The molecule has 19 heteroatoms. The van der Waals surface area contributed by atoms with Gasteiger partial charge < -0.3 is 43.7 Å². The van der Waals surface area contributed by atoms with E-state index in [0.717, 1.165) is 90.0 Å². The summed E-state index contributed by atoms with van der Waals surface area (Å²) in [5, 5.41) is 5.81. The van der Waals surface area contributed by atoms with E-state index in [4.69, 9.17) is 19.2 Å². The maximum atomic E-state index is 15.0. The van der Waals surface area contributed by atoms with Gasteiger partial charge in [0.25, 0.3) is 5.91 Å². The molecule has 5 fully saturated rings. The molecule has 2 aromatic heterocycles. The van der Waals surface area contributed by atoms with Crippen LogP contribution in [0.4, 0.5) is 15.3 Å². The first kappa shape index (κ1) is 60.4. The third-order valence-electron chi connectivity index (χ3n) is 19.0. The Morgan fingerprint density at radius 2 is 1.69 bits per heavy atom. The van der Waals surface area contributed by atoms with Crippen molar-refractivity contribution in [1.29, 1.82) is 0 Å². The maximum absolute atomic E-state index is 15.0. The molecule has 7 aliphatic heterocycles. The highest BCUT2D eigenvalue weighted by Crippen LogP contribution is 2.44. The smallest absolute Gasteiger partial charge is 0.410 e. The number of rotatable bonds is 9. The molecule has 7 aliphatic rings. The van der Waals surface area contributed by atoms with Crippen LogP contribution in [0.2, 0.25) is 0 Å². The Hall–Kier alpha value is -5.76. The lowest BCUT2D eigenvalue weighted by atomic mass is 9.78. The predicted octanol–water partition coefficient (Wildman–Crippen LogP) is 8.10. The van der Waals surface area contributed by atoms with E-state index in [-0.39, 0.29) is 48.6 Å². The Labute approximate surface area is 492 Å². The van der Waals surface area contributed by atoms with Gasteiger partial charge in [-0.3, -0.25) is 34.2 Å². The molecule has 0 aliphatic carbocycles. The number of piperazine rings is 1. The summed E-state index contributed by atoms with van der Waals surface area (Å²) in [4.78, 5) is 89.5. The summed E-state index contributed by atoms with van der Waals surface area (Å²) in [7, 11) is 3.43. The van der Waals surface area contributed by atoms with E-state index in [0.29, 0.717) is 77.7 Å². The number of ether oxygens (including phenoxy) is 3. The molecule has 454 valence electrons. The largest absolute Gasteiger partial charge is 0.464 e. The Kier molecular flexibility index (Phi) is 18.0. The summed E-state index contributed by atoms with van der Waals surface area (Å²) in [6.45, 7) is 27.1. The van der Waals surface area contributed by atoms with E-state index in [1.165, 1.54) is 41.3 Å². The number of aromatic nitrogens is 2. The number of carbonyl (C=O) groups excluding carboxylic acids is 5. The molecule has 6 atom stereocenters. The number of hydrogen-bond acceptors (Lipinski definition) is 13. The lowest BCUT2D eigenvalue weighted by Gasteiger charge is -2.45. The number of hydrogen-bond donors (Lipinski definition) is 2. The zero-order valence-corrected chi connectivity index (χ0v) is 51.7. The van der Waals surface area contributed by atoms with Gasteiger partial charge in [-0.15, -0.1) is 0 Å². The number of cyclic esters (lactones) is 1. The fraction of sp³-hybridized carbons (Fsp3) is 0.688. The molecule has 1 aromatic carbocycles. The number of methoxy groups -OCH3 is 1. The van der Waals surface area contributed by atoms with Gasteiger partial charge in [0.05, 0.1) is 36.0 Å². The summed E-state index contributed by atoms with van der Waals surface area (Å²) >= 11 is 0. The van der Waals surface area contributed by atoms with Crippen LogP contribution in [0.25, 0.3) is 27.7 Å². The molecule has 6 bridgehead atoms. The minimum atomic E-state index is -1.01. The van der Waals surface area contributed by atoms with E-state index in [2.05, 4.69) is 88.0 Å². The lowest BCUT2D eigenvalue weighted by molar-refractivity contribution is -0.155. The minimum Gasteiger partial charge on any atom is -0.464 e. The number of benzene rings is 1. The number of aryl methyl sites for hydroxylation is 1. The highest BCUT2D eigenvalue weighted by Gasteiger charge is 2.46. The fourth-order valence-electron chi connectivity index (χ4n) is 14.4. The molecule has 5 saturated heterocycles. The number of esters is 1. The van der Waals surface area contributed by atoms with Gasteiger partial charge in [-0.05, 0) is 145 Å². The number of nitrogens with zero attached hydrogens (tertiary/aromatic N) is 9. The first-order valence-electron chi connectivity index (χ1n) is 31.2. The van der Waals surface area contributed by atoms with Gasteiger partial charge in [-0.2, -0.15) is 0 Å². The van der Waals surface area contributed by atoms with Crippen LogP contribution in [0.15, 0.2) is 36.5 Å². The second-order valence-electron chi connectivity index (χ2n) is 27.2. The van der Waals surface area contributed by atoms with E-state index in [9.17, 15) is 19.2 Å². The van der Waals surface area contributed by atoms with Crippen molar-refractivity contribution in [3.63, 3.8) is 0 Å². The number of urea groups is 1. The number of amides is 5. The maximum Gasteiger partial charge on any atom is 0.410 e. The average molecular weight is 1150 g/mol. The van der Waals surface area contributed by atoms with Crippen molar-refractivity contribution >= 4 is 52.1 Å². The van der Waals surface area contributed by atoms with Crippen molar-refractivity contribution in [2.75, 3.05) is 104 Å². The number of pyridine rings is 1. The monoisotopic (exact) mass is 1150 g/mol. The Morgan fingerprint density at radius 3 is 2.41 bits per heavy atom. The van der Waals surface area contributed by atoms with Crippen molar-refractivity contribution in [1.82, 2.24) is 49.8 Å². The number of carbonyl (C=O) groups is 5. The molecule has 0 radical (unpaired) electrons. The quantitative estimate of drug-likeness (QED) is 0.197. The number of hydrazine groups is 1. The van der Waals surface area contributed by atoms with Crippen LogP contribution in [-0.2, 0) is 41.6 Å². The summed E-state index contributed by atoms with van der Waals surface area (Å²) in [5.74, 6) is -1.48. The highest BCUT2D eigenvalue weighted by molar-refractivity contribution is 5.96. The zero-order valence-electron chi connectivity index (χ0n) is 51.7. The first-order chi connectivity index (χ1) is 39.5. The topological polar surface area (TPSA) is 178 Å². The molecule has 10 rings (SSSR count). The van der Waals surface area contributed by atoms with Crippen LogP contribution >= 0.6 is 0 Å². The average Bonchev–Trinajstić information content (AvgIpc) is 2.48. The number of nitrogens with one attached hydrogen (secondary N) is 2. The number of anilines is 1. The molecule has 1 spiro atoms. The molecule has 19 nitrogen and oxygen atoms in total. The molecule has 0 saturated carbocycles. The van der Waals surface area contributed by atoms with Crippen molar-refractivity contribution in [2.24, 2.45) is 16.7 Å². The standard InChI is InChI=1S/C64H95N11O8/c1-12-74-53-21-20-44-33-48(53)50(56(74)49-34-47(36-65-54(49)43(4)81-11)72-32-31-70-26-14-13-18-46(70)38-72)35-63(8,9)41-82-59(78)51-19-16-27-75(67-51)58(77)52(39-69-25-15-17-45(44)37-69)66-57(76)55(42(2)3)68(10)60(79)71-28-22-64(23-29-71)24-30-73(40-64)61(80)83-62(5,6)7/h17,20-21,33-34,36,42-43,46,51-52,55,67H,12-16,18-19,22-32,35,37-41H2,1-11H3,(H,66,76)/t43-,46+,51-,52-,55-/m0/s1. The summed E-state index contributed by atoms with van der Waals surface area (Å²) in [6, 6.07) is 6.78. The summed E-state index contributed by atoms with van der Waals surface area (Å²) < 4.78 is 20.5. The summed E-state index contributed by atoms with van der Waals surface area (Å²) in [6.07, 6.45) is 12.3. The molecule has 1 unspecified atom stereocenters. The van der Waals surface area contributed by atoms with Crippen LogP contribution in [0.5, 0.6) is 0 Å². The van der Waals surface area contributed by atoms with Gasteiger partial charge in [0.1, 0.15) is 23.7 Å². The highest BCUT2D eigenvalue weighted by atomic mass is 16.6. The van der Waals surface area contributed by atoms with E-state index < -0.39 is 41.0 Å². The van der Waals surface area contributed by atoms with Crippen molar-refractivity contribution in [2.45, 2.75) is 169 Å². The lowest BCUT2D eigenvalue weighted by Crippen LogP contribution is -2.64. The van der Waals surface area contributed by atoms with Gasteiger partial charge in [0, 0.05) is 121 Å². The van der Waals surface area contributed by atoms with Crippen LogP contribution in [-0.4, -0.2) is 198 Å². The second kappa shape index (κ2) is 24.7. The van der Waals surface area contributed by atoms with Crippen LogP contribution in [0, 0.1) is 16.7 Å². The number of fused-ring (bicyclic) bond motifs is 7. The van der Waals surface area contributed by atoms with E-state index in [1.54, 1.807) is 19.1 Å². The van der Waals surface area contributed by atoms with Crippen LogP contribution < -0.4 is 15.6 Å². The van der Waals surface area contributed by atoms with Gasteiger partial charge in [-0.25, -0.2) is 15.0 Å². The third-order valence-corrected chi connectivity index (χ3v) is 19.0. The fourth-order valence-corrected chi connectivity index (χ4v) is 14.4. The molecule has 2 N–H and O–H groups in total. The minimum absolute atomic E-state index is 0.0913. The molecular weight excluding hydrogens is 1050 g/mol. The molecule has 83 heavy (non-hydrogen) atoms. The van der Waals surface area contributed by atoms with Crippen molar-refractivity contribution in [3.05, 3.63) is 53.4 Å². The third kappa shape index (κ3) is 13.1. The number of likely N-dealkylation sites (tertiary alicyclic amines) is 2.